The first-order valence-electron chi connectivity index (χ1n) is 8.03. The van der Waals surface area contributed by atoms with Crippen molar-refractivity contribution in [2.24, 2.45) is 0 Å². The Morgan fingerprint density at radius 1 is 1.32 bits per heavy atom. The topological polar surface area (TPSA) is 44.8 Å². The summed E-state index contributed by atoms with van der Waals surface area (Å²) in [6.45, 7) is 8.30. The van der Waals surface area contributed by atoms with Crippen molar-refractivity contribution in [2.75, 3.05) is 44.7 Å². The number of carbonyl (C=O) groups is 1. The number of benzene rings is 1. The second-order valence-electron chi connectivity index (χ2n) is 5.84. The van der Waals surface area contributed by atoms with Crippen molar-refractivity contribution < 1.29 is 9.53 Å². The Morgan fingerprint density at radius 2 is 2.05 bits per heavy atom. The lowest BCUT2D eigenvalue weighted by Crippen LogP contribution is -2.50. The average Bonchev–Trinajstić information content (AvgIpc) is 2.55. The van der Waals surface area contributed by atoms with Gasteiger partial charge in [0.2, 0.25) is 5.91 Å². The summed E-state index contributed by atoms with van der Waals surface area (Å²) in [5, 5.41) is 3.02. The van der Waals surface area contributed by atoms with E-state index in [1.54, 1.807) is 7.11 Å². The van der Waals surface area contributed by atoms with Crippen LogP contribution >= 0.6 is 0 Å². The SMILES string of the molecule is CC[C@@H](C)NC(=O)CN1CCN(c2cccc(OC)c2)CC1. The van der Waals surface area contributed by atoms with Gasteiger partial charge < -0.3 is 15.0 Å². The Morgan fingerprint density at radius 3 is 2.68 bits per heavy atom. The number of methoxy groups -OCH3 is 1. The van der Waals surface area contributed by atoms with Crippen molar-refractivity contribution in [1.29, 1.82) is 0 Å². The molecule has 1 heterocycles. The third kappa shape index (κ3) is 4.63. The number of nitrogens with zero attached hydrogens (tertiary/aromatic N) is 2. The molecular formula is C17H27N3O2. The standard InChI is InChI=1S/C17H27N3O2/c1-4-14(2)18-17(21)13-19-8-10-20(11-9-19)15-6-5-7-16(12-15)22-3/h5-7,12,14H,4,8-11,13H2,1-3H3,(H,18,21)/t14-/m1/s1. The molecule has 0 radical (unpaired) electrons. The van der Waals surface area contributed by atoms with Crippen molar-refractivity contribution >= 4 is 11.6 Å². The van der Waals surface area contributed by atoms with Crippen LogP contribution < -0.4 is 15.0 Å². The molecule has 1 aromatic carbocycles. The molecule has 0 unspecified atom stereocenters. The quantitative estimate of drug-likeness (QED) is 0.869. The summed E-state index contributed by atoms with van der Waals surface area (Å²) < 4.78 is 5.28. The number of hydrogen-bond donors (Lipinski definition) is 1. The van der Waals surface area contributed by atoms with E-state index in [9.17, 15) is 4.79 Å². The molecule has 1 aliphatic heterocycles. The van der Waals surface area contributed by atoms with Gasteiger partial charge in [-0.2, -0.15) is 0 Å². The van der Waals surface area contributed by atoms with Gasteiger partial charge in [0, 0.05) is 44.0 Å². The molecule has 0 aliphatic carbocycles. The van der Waals surface area contributed by atoms with E-state index in [0.717, 1.165) is 38.3 Å². The van der Waals surface area contributed by atoms with E-state index >= 15 is 0 Å². The lowest BCUT2D eigenvalue weighted by molar-refractivity contribution is -0.122. The van der Waals surface area contributed by atoms with Crippen LogP contribution in [0.15, 0.2) is 24.3 Å². The molecule has 1 saturated heterocycles. The predicted octanol–water partition coefficient (Wildman–Crippen LogP) is 1.73. The van der Waals surface area contributed by atoms with E-state index in [0.29, 0.717) is 6.54 Å². The average molecular weight is 305 g/mol. The van der Waals surface area contributed by atoms with Gasteiger partial charge in [0.1, 0.15) is 5.75 Å². The number of hydrogen-bond acceptors (Lipinski definition) is 4. The predicted molar refractivity (Wildman–Crippen MR) is 89.5 cm³/mol. The molecule has 1 fully saturated rings. The van der Waals surface area contributed by atoms with Gasteiger partial charge in [-0.15, -0.1) is 0 Å². The van der Waals surface area contributed by atoms with Crippen molar-refractivity contribution in [3.8, 4) is 5.75 Å². The maximum absolute atomic E-state index is 11.9. The van der Waals surface area contributed by atoms with Gasteiger partial charge in [-0.25, -0.2) is 0 Å². The minimum atomic E-state index is 0.129. The summed E-state index contributed by atoms with van der Waals surface area (Å²) in [5.41, 5.74) is 1.18. The molecule has 0 spiro atoms. The number of ether oxygens (including phenoxy) is 1. The minimum Gasteiger partial charge on any atom is -0.497 e. The number of amides is 1. The highest BCUT2D eigenvalue weighted by Crippen LogP contribution is 2.21. The summed E-state index contributed by atoms with van der Waals surface area (Å²) in [6, 6.07) is 8.39. The minimum absolute atomic E-state index is 0.129. The van der Waals surface area contributed by atoms with Crippen LogP contribution in [-0.4, -0.2) is 56.7 Å². The monoisotopic (exact) mass is 305 g/mol. The summed E-state index contributed by atoms with van der Waals surface area (Å²) in [6.07, 6.45) is 0.968. The van der Waals surface area contributed by atoms with Crippen LogP contribution in [-0.2, 0) is 4.79 Å². The molecule has 0 bridgehead atoms. The Balaban J connectivity index is 1.81. The molecule has 1 N–H and O–H groups in total. The molecule has 1 aliphatic rings. The Kier molecular flexibility index (Phi) is 6.07. The maximum Gasteiger partial charge on any atom is 0.234 e. The van der Waals surface area contributed by atoms with Crippen molar-refractivity contribution in [3.63, 3.8) is 0 Å². The zero-order chi connectivity index (χ0) is 15.9. The van der Waals surface area contributed by atoms with Gasteiger partial charge in [-0.3, -0.25) is 9.69 Å². The number of nitrogens with one attached hydrogen (secondary N) is 1. The molecule has 5 heteroatoms. The van der Waals surface area contributed by atoms with Gasteiger partial charge in [0.05, 0.1) is 13.7 Å². The molecule has 1 aromatic rings. The molecule has 0 saturated carbocycles. The van der Waals surface area contributed by atoms with Gasteiger partial charge >= 0.3 is 0 Å². The van der Waals surface area contributed by atoms with Crippen LogP contribution in [0.2, 0.25) is 0 Å². The fraction of sp³-hybridized carbons (Fsp3) is 0.588. The van der Waals surface area contributed by atoms with Crippen molar-refractivity contribution in [1.82, 2.24) is 10.2 Å². The van der Waals surface area contributed by atoms with Crippen molar-refractivity contribution in [3.05, 3.63) is 24.3 Å². The van der Waals surface area contributed by atoms with Crippen LogP contribution in [0.5, 0.6) is 5.75 Å². The highest BCUT2D eigenvalue weighted by molar-refractivity contribution is 5.78. The van der Waals surface area contributed by atoms with Gasteiger partial charge in [-0.05, 0) is 25.5 Å². The van der Waals surface area contributed by atoms with Crippen LogP contribution in [0, 0.1) is 0 Å². The smallest absolute Gasteiger partial charge is 0.234 e. The Bertz CT molecular complexity index is 485. The third-order valence-corrected chi connectivity index (χ3v) is 4.18. The maximum atomic E-state index is 11.9. The third-order valence-electron chi connectivity index (χ3n) is 4.18. The van der Waals surface area contributed by atoms with E-state index in [1.165, 1.54) is 5.69 Å². The zero-order valence-corrected chi connectivity index (χ0v) is 13.8. The molecule has 0 aromatic heterocycles. The molecule has 5 nitrogen and oxygen atoms in total. The summed E-state index contributed by atoms with van der Waals surface area (Å²) >= 11 is 0. The van der Waals surface area contributed by atoms with Crippen molar-refractivity contribution in [2.45, 2.75) is 26.3 Å². The van der Waals surface area contributed by atoms with Crippen LogP contribution in [0.1, 0.15) is 20.3 Å². The van der Waals surface area contributed by atoms with E-state index in [2.05, 4.69) is 34.2 Å². The van der Waals surface area contributed by atoms with E-state index < -0.39 is 0 Å². The fourth-order valence-electron chi connectivity index (χ4n) is 2.60. The first-order valence-corrected chi connectivity index (χ1v) is 8.03. The Hall–Kier alpha value is -1.75. The molecule has 2 rings (SSSR count). The highest BCUT2D eigenvalue weighted by Gasteiger charge is 2.19. The summed E-state index contributed by atoms with van der Waals surface area (Å²) in [4.78, 5) is 16.5. The number of anilines is 1. The lowest BCUT2D eigenvalue weighted by atomic mass is 10.2. The Labute approximate surface area is 133 Å². The van der Waals surface area contributed by atoms with Gasteiger partial charge in [0.25, 0.3) is 0 Å². The van der Waals surface area contributed by atoms with Crippen LogP contribution in [0.3, 0.4) is 0 Å². The fourth-order valence-corrected chi connectivity index (χ4v) is 2.60. The van der Waals surface area contributed by atoms with E-state index in [1.807, 2.05) is 19.1 Å². The zero-order valence-electron chi connectivity index (χ0n) is 13.8. The molecule has 122 valence electrons. The molecular weight excluding hydrogens is 278 g/mol. The lowest BCUT2D eigenvalue weighted by Gasteiger charge is -2.36. The van der Waals surface area contributed by atoms with Crippen LogP contribution in [0.25, 0.3) is 0 Å². The normalized spacial score (nSPS) is 17.1. The van der Waals surface area contributed by atoms with E-state index in [4.69, 9.17) is 4.74 Å². The number of rotatable bonds is 6. The largest absolute Gasteiger partial charge is 0.497 e. The summed E-state index contributed by atoms with van der Waals surface area (Å²) in [7, 11) is 1.69. The first kappa shape index (κ1) is 16.6. The second-order valence-corrected chi connectivity index (χ2v) is 5.84. The molecule has 1 amide bonds. The first-order chi connectivity index (χ1) is 10.6. The van der Waals surface area contributed by atoms with Crippen LogP contribution in [0.4, 0.5) is 5.69 Å². The molecule has 22 heavy (non-hydrogen) atoms. The van der Waals surface area contributed by atoms with E-state index in [-0.39, 0.29) is 11.9 Å². The number of piperazine rings is 1. The molecule has 1 atom stereocenters. The van der Waals surface area contributed by atoms with Gasteiger partial charge in [-0.1, -0.05) is 13.0 Å². The second kappa shape index (κ2) is 8.03. The van der Waals surface area contributed by atoms with Gasteiger partial charge in [0.15, 0.2) is 0 Å². The summed E-state index contributed by atoms with van der Waals surface area (Å²) in [5.74, 6) is 1.01. The highest BCUT2D eigenvalue weighted by atomic mass is 16.5. The number of carbonyl (C=O) groups excluding carboxylic acids is 1.